The van der Waals surface area contributed by atoms with Crippen LogP contribution >= 0.6 is 11.6 Å². The molecule has 94 valence electrons. The van der Waals surface area contributed by atoms with Gasteiger partial charge in [-0.25, -0.2) is 0 Å². The maximum absolute atomic E-state index is 9.61. The standard InChI is InChI=1S/C13H19ClN2O/c1-15-6-8-16(9-7-15)12-4-2-11(3-5-12)13(17)10-14/h2-5,13,17H,6-10H2,1H3. The Bertz CT molecular complexity index is 347. The Morgan fingerprint density at radius 1 is 1.18 bits per heavy atom. The Hall–Kier alpha value is -0.770. The van der Waals surface area contributed by atoms with Gasteiger partial charge in [0.1, 0.15) is 0 Å². The summed E-state index contributed by atoms with van der Waals surface area (Å²) in [5.41, 5.74) is 2.11. The molecule has 0 saturated carbocycles. The van der Waals surface area contributed by atoms with Gasteiger partial charge in [-0.3, -0.25) is 0 Å². The molecule has 0 aliphatic carbocycles. The highest BCUT2D eigenvalue weighted by Crippen LogP contribution is 2.20. The lowest BCUT2D eigenvalue weighted by molar-refractivity contribution is 0.202. The van der Waals surface area contributed by atoms with E-state index in [0.29, 0.717) is 0 Å². The van der Waals surface area contributed by atoms with E-state index in [1.165, 1.54) is 5.69 Å². The van der Waals surface area contributed by atoms with Gasteiger partial charge in [-0.15, -0.1) is 11.6 Å². The van der Waals surface area contributed by atoms with Gasteiger partial charge >= 0.3 is 0 Å². The molecule has 1 aromatic carbocycles. The quantitative estimate of drug-likeness (QED) is 0.832. The number of hydrogen-bond donors (Lipinski definition) is 1. The number of alkyl halides is 1. The van der Waals surface area contributed by atoms with Gasteiger partial charge in [-0.05, 0) is 24.7 Å². The van der Waals surface area contributed by atoms with Gasteiger partial charge in [0.05, 0.1) is 12.0 Å². The van der Waals surface area contributed by atoms with E-state index in [9.17, 15) is 5.11 Å². The first kappa shape index (κ1) is 12.7. The predicted molar refractivity (Wildman–Crippen MR) is 71.8 cm³/mol. The Morgan fingerprint density at radius 2 is 1.76 bits per heavy atom. The average Bonchev–Trinajstić information content (AvgIpc) is 2.39. The van der Waals surface area contributed by atoms with E-state index in [2.05, 4.69) is 29.0 Å². The van der Waals surface area contributed by atoms with E-state index < -0.39 is 6.10 Å². The fourth-order valence-corrected chi connectivity index (χ4v) is 2.24. The lowest BCUT2D eigenvalue weighted by Gasteiger charge is -2.34. The van der Waals surface area contributed by atoms with Crippen LogP contribution in [0.1, 0.15) is 11.7 Å². The molecule has 1 fully saturated rings. The summed E-state index contributed by atoms with van der Waals surface area (Å²) in [4.78, 5) is 4.71. The maximum atomic E-state index is 9.61. The molecule has 1 heterocycles. The molecule has 2 rings (SSSR count). The zero-order valence-corrected chi connectivity index (χ0v) is 10.9. The summed E-state index contributed by atoms with van der Waals surface area (Å²) in [6, 6.07) is 8.05. The highest BCUT2D eigenvalue weighted by Gasteiger charge is 2.14. The minimum Gasteiger partial charge on any atom is -0.387 e. The van der Waals surface area contributed by atoms with Crippen LogP contribution in [-0.4, -0.2) is 49.1 Å². The summed E-state index contributed by atoms with van der Waals surface area (Å²) in [6.07, 6.45) is -0.557. The van der Waals surface area contributed by atoms with Crippen molar-refractivity contribution in [1.82, 2.24) is 4.90 Å². The molecular formula is C13H19ClN2O. The van der Waals surface area contributed by atoms with Crippen LogP contribution in [0.3, 0.4) is 0 Å². The first-order valence-corrected chi connectivity index (χ1v) is 6.51. The molecule has 0 spiro atoms. The number of rotatable bonds is 3. The number of likely N-dealkylation sites (N-methyl/N-ethyl adjacent to an activating group) is 1. The molecule has 0 amide bonds. The number of anilines is 1. The molecule has 1 aromatic rings. The second-order valence-electron chi connectivity index (χ2n) is 4.55. The van der Waals surface area contributed by atoms with Crippen molar-refractivity contribution in [3.63, 3.8) is 0 Å². The summed E-state index contributed by atoms with van der Waals surface area (Å²) in [6.45, 7) is 4.33. The maximum Gasteiger partial charge on any atom is 0.0925 e. The van der Waals surface area contributed by atoms with Gasteiger partial charge in [0.25, 0.3) is 0 Å². The van der Waals surface area contributed by atoms with Crippen LogP contribution in [0.5, 0.6) is 0 Å². The van der Waals surface area contributed by atoms with Crippen LogP contribution in [0.15, 0.2) is 24.3 Å². The highest BCUT2D eigenvalue weighted by molar-refractivity contribution is 6.18. The molecule has 1 saturated heterocycles. The van der Waals surface area contributed by atoms with Crippen LogP contribution in [0, 0.1) is 0 Å². The molecule has 4 heteroatoms. The van der Waals surface area contributed by atoms with E-state index in [4.69, 9.17) is 11.6 Å². The van der Waals surface area contributed by atoms with Crippen molar-refractivity contribution < 1.29 is 5.11 Å². The van der Waals surface area contributed by atoms with Gasteiger partial charge in [0.2, 0.25) is 0 Å². The Labute approximate surface area is 108 Å². The van der Waals surface area contributed by atoms with Crippen molar-refractivity contribution in [3.05, 3.63) is 29.8 Å². The minimum atomic E-state index is -0.557. The van der Waals surface area contributed by atoms with E-state index >= 15 is 0 Å². The second kappa shape index (κ2) is 5.71. The zero-order valence-electron chi connectivity index (χ0n) is 10.1. The molecule has 0 bridgehead atoms. The van der Waals surface area contributed by atoms with E-state index in [0.717, 1.165) is 31.7 Å². The number of hydrogen-bond acceptors (Lipinski definition) is 3. The number of nitrogens with zero attached hydrogens (tertiary/aromatic N) is 2. The van der Waals surface area contributed by atoms with Crippen molar-refractivity contribution >= 4 is 17.3 Å². The normalized spacial score (nSPS) is 19.4. The lowest BCUT2D eigenvalue weighted by atomic mass is 10.1. The number of aliphatic hydroxyl groups excluding tert-OH is 1. The summed E-state index contributed by atoms with van der Waals surface area (Å²) < 4.78 is 0. The molecule has 1 aliphatic heterocycles. The first-order valence-electron chi connectivity index (χ1n) is 5.98. The van der Waals surface area contributed by atoms with Gasteiger partial charge in [-0.1, -0.05) is 12.1 Å². The van der Waals surface area contributed by atoms with E-state index in [-0.39, 0.29) is 5.88 Å². The monoisotopic (exact) mass is 254 g/mol. The largest absolute Gasteiger partial charge is 0.387 e. The van der Waals surface area contributed by atoms with Gasteiger partial charge in [0.15, 0.2) is 0 Å². The van der Waals surface area contributed by atoms with Gasteiger partial charge in [-0.2, -0.15) is 0 Å². The lowest BCUT2D eigenvalue weighted by Crippen LogP contribution is -2.44. The highest BCUT2D eigenvalue weighted by atomic mass is 35.5. The molecule has 17 heavy (non-hydrogen) atoms. The summed E-state index contributed by atoms with van der Waals surface area (Å²) in [5, 5.41) is 9.61. The van der Waals surface area contributed by atoms with Gasteiger partial charge < -0.3 is 14.9 Å². The minimum absolute atomic E-state index is 0.244. The molecule has 1 unspecified atom stereocenters. The molecule has 0 aromatic heterocycles. The first-order chi connectivity index (χ1) is 8.20. The third-order valence-corrected chi connectivity index (χ3v) is 3.58. The van der Waals surface area contributed by atoms with E-state index in [1.54, 1.807) is 0 Å². The predicted octanol–water partition coefficient (Wildman–Crippen LogP) is 1.71. The molecule has 1 atom stereocenters. The Morgan fingerprint density at radius 3 is 2.29 bits per heavy atom. The van der Waals surface area contributed by atoms with Crippen molar-refractivity contribution in [3.8, 4) is 0 Å². The van der Waals surface area contributed by atoms with Crippen LogP contribution in [0.2, 0.25) is 0 Å². The summed E-state index contributed by atoms with van der Waals surface area (Å²) in [5.74, 6) is 0.244. The molecular weight excluding hydrogens is 236 g/mol. The van der Waals surface area contributed by atoms with Crippen molar-refractivity contribution in [2.75, 3.05) is 44.0 Å². The number of benzene rings is 1. The number of piperazine rings is 1. The molecule has 0 radical (unpaired) electrons. The van der Waals surface area contributed by atoms with Crippen LogP contribution in [0.25, 0.3) is 0 Å². The smallest absolute Gasteiger partial charge is 0.0925 e. The van der Waals surface area contributed by atoms with Gasteiger partial charge in [0, 0.05) is 31.9 Å². The SMILES string of the molecule is CN1CCN(c2ccc(C(O)CCl)cc2)CC1. The number of aliphatic hydroxyl groups is 1. The third kappa shape index (κ3) is 3.12. The fourth-order valence-electron chi connectivity index (χ4n) is 2.06. The van der Waals surface area contributed by atoms with Crippen LogP contribution < -0.4 is 4.90 Å². The number of halogens is 1. The molecule has 1 aliphatic rings. The zero-order chi connectivity index (χ0) is 12.3. The van der Waals surface area contributed by atoms with Crippen LogP contribution in [-0.2, 0) is 0 Å². The fraction of sp³-hybridized carbons (Fsp3) is 0.538. The summed E-state index contributed by atoms with van der Waals surface area (Å²) >= 11 is 5.63. The van der Waals surface area contributed by atoms with E-state index in [1.807, 2.05) is 12.1 Å². The summed E-state index contributed by atoms with van der Waals surface area (Å²) in [7, 11) is 2.15. The third-order valence-electron chi connectivity index (χ3n) is 3.29. The molecule has 1 N–H and O–H groups in total. The van der Waals surface area contributed by atoms with Crippen molar-refractivity contribution in [2.24, 2.45) is 0 Å². The average molecular weight is 255 g/mol. The molecule has 3 nitrogen and oxygen atoms in total. The second-order valence-corrected chi connectivity index (χ2v) is 4.86. The van der Waals surface area contributed by atoms with Crippen molar-refractivity contribution in [2.45, 2.75) is 6.10 Å². The van der Waals surface area contributed by atoms with Crippen LogP contribution in [0.4, 0.5) is 5.69 Å². The Kier molecular flexibility index (Phi) is 4.26. The topological polar surface area (TPSA) is 26.7 Å². The van der Waals surface area contributed by atoms with Crippen molar-refractivity contribution in [1.29, 1.82) is 0 Å². The Balaban J connectivity index is 2.02.